The van der Waals surface area contributed by atoms with Gasteiger partial charge >= 0.3 is 0 Å². The van der Waals surface area contributed by atoms with Crippen molar-refractivity contribution in [2.75, 3.05) is 52.5 Å². The second-order valence-corrected chi connectivity index (χ2v) is 7.07. The van der Waals surface area contributed by atoms with Gasteiger partial charge in [0.05, 0.1) is 13.2 Å². The van der Waals surface area contributed by atoms with Gasteiger partial charge in [-0.05, 0) is 31.7 Å². The van der Waals surface area contributed by atoms with Crippen LogP contribution in [0.5, 0.6) is 0 Å². The second-order valence-electron chi connectivity index (χ2n) is 7.07. The molecule has 0 aromatic carbocycles. The van der Waals surface area contributed by atoms with Crippen molar-refractivity contribution in [3.8, 4) is 0 Å². The second kappa shape index (κ2) is 11.5. The summed E-state index contributed by atoms with van der Waals surface area (Å²) in [5.41, 5.74) is 0. The van der Waals surface area contributed by atoms with E-state index in [4.69, 9.17) is 4.74 Å². The summed E-state index contributed by atoms with van der Waals surface area (Å²) in [6, 6.07) is -0.126. The van der Waals surface area contributed by atoms with Gasteiger partial charge in [0.2, 0.25) is 5.91 Å². The lowest BCUT2D eigenvalue weighted by Gasteiger charge is -2.30. The van der Waals surface area contributed by atoms with Gasteiger partial charge in [-0.25, -0.2) is 0 Å². The van der Waals surface area contributed by atoms with E-state index in [1.165, 1.54) is 38.6 Å². The Labute approximate surface area is 158 Å². The number of hydrogen-bond acceptors (Lipinski definition) is 4. The molecule has 3 aliphatic rings. The van der Waals surface area contributed by atoms with Crippen LogP contribution >= 0.6 is 24.8 Å². The van der Waals surface area contributed by atoms with Crippen LogP contribution in [0.15, 0.2) is 0 Å². The SMILES string of the molecule is Cl.Cl.O=C(C1COCCN1)N1CCCN(CC2CCCCC2)CC1. The van der Waals surface area contributed by atoms with Crippen LogP contribution in [0.3, 0.4) is 0 Å². The fourth-order valence-corrected chi connectivity index (χ4v) is 4.05. The lowest BCUT2D eigenvalue weighted by molar-refractivity contribution is -0.136. The Bertz CT molecular complexity index is 362. The van der Waals surface area contributed by atoms with E-state index in [0.717, 1.165) is 51.7 Å². The number of nitrogens with zero attached hydrogens (tertiary/aromatic N) is 2. The van der Waals surface area contributed by atoms with Gasteiger partial charge in [0.15, 0.2) is 0 Å². The van der Waals surface area contributed by atoms with Crippen LogP contribution in [-0.4, -0.2) is 74.2 Å². The summed E-state index contributed by atoms with van der Waals surface area (Å²) in [5, 5.41) is 3.28. The van der Waals surface area contributed by atoms with Gasteiger partial charge in [-0.2, -0.15) is 0 Å². The monoisotopic (exact) mass is 381 g/mol. The van der Waals surface area contributed by atoms with Gasteiger partial charge in [0, 0.05) is 32.7 Å². The van der Waals surface area contributed by atoms with E-state index in [0.29, 0.717) is 6.61 Å². The number of halogens is 2. The molecule has 5 nitrogen and oxygen atoms in total. The molecule has 0 radical (unpaired) electrons. The Hall–Kier alpha value is -0.0700. The van der Waals surface area contributed by atoms with Crippen molar-refractivity contribution >= 4 is 30.7 Å². The highest BCUT2D eigenvalue weighted by atomic mass is 35.5. The third-order valence-electron chi connectivity index (χ3n) is 5.36. The molecule has 3 rings (SSSR count). The summed E-state index contributed by atoms with van der Waals surface area (Å²) in [7, 11) is 0. The highest BCUT2D eigenvalue weighted by Crippen LogP contribution is 2.24. The Morgan fingerprint density at radius 3 is 2.50 bits per heavy atom. The maximum absolute atomic E-state index is 12.6. The maximum atomic E-state index is 12.6. The van der Waals surface area contributed by atoms with E-state index >= 15 is 0 Å². The number of carbonyl (C=O) groups is 1. The molecule has 2 saturated heterocycles. The molecule has 0 spiro atoms. The third kappa shape index (κ3) is 6.34. The van der Waals surface area contributed by atoms with Crippen molar-refractivity contribution in [2.45, 2.75) is 44.6 Å². The van der Waals surface area contributed by atoms with Crippen LogP contribution in [0, 0.1) is 5.92 Å². The summed E-state index contributed by atoms with van der Waals surface area (Å²) < 4.78 is 5.43. The van der Waals surface area contributed by atoms with Crippen LogP contribution in [0.25, 0.3) is 0 Å². The highest BCUT2D eigenvalue weighted by molar-refractivity contribution is 5.85. The van der Waals surface area contributed by atoms with Crippen molar-refractivity contribution in [2.24, 2.45) is 5.92 Å². The van der Waals surface area contributed by atoms with Gasteiger partial charge in [-0.1, -0.05) is 19.3 Å². The predicted molar refractivity (Wildman–Crippen MR) is 101 cm³/mol. The van der Waals surface area contributed by atoms with E-state index in [1.807, 2.05) is 4.90 Å². The summed E-state index contributed by atoms with van der Waals surface area (Å²) in [6.07, 6.45) is 8.17. The minimum atomic E-state index is -0.126. The zero-order chi connectivity index (χ0) is 15.2. The molecule has 3 fully saturated rings. The highest BCUT2D eigenvalue weighted by Gasteiger charge is 2.28. The molecule has 1 unspecified atom stereocenters. The van der Waals surface area contributed by atoms with Crippen LogP contribution < -0.4 is 5.32 Å². The average molecular weight is 382 g/mol. The van der Waals surface area contributed by atoms with Crippen molar-refractivity contribution < 1.29 is 9.53 Å². The van der Waals surface area contributed by atoms with Crippen molar-refractivity contribution in [1.82, 2.24) is 15.1 Å². The molecule has 1 atom stereocenters. The molecule has 24 heavy (non-hydrogen) atoms. The molecule has 142 valence electrons. The van der Waals surface area contributed by atoms with E-state index in [9.17, 15) is 4.79 Å². The van der Waals surface area contributed by atoms with Crippen LogP contribution in [0.1, 0.15) is 38.5 Å². The molecule has 0 bridgehead atoms. The topological polar surface area (TPSA) is 44.8 Å². The van der Waals surface area contributed by atoms with Crippen molar-refractivity contribution in [3.05, 3.63) is 0 Å². The molecular weight excluding hydrogens is 349 g/mol. The lowest BCUT2D eigenvalue weighted by atomic mass is 9.89. The van der Waals surface area contributed by atoms with Gasteiger partial charge in [0.1, 0.15) is 6.04 Å². The Balaban J connectivity index is 0.00000144. The van der Waals surface area contributed by atoms with E-state index in [1.54, 1.807) is 0 Å². The maximum Gasteiger partial charge on any atom is 0.242 e. The molecular formula is C17H33Cl2N3O2. The summed E-state index contributed by atoms with van der Waals surface area (Å²) in [5.74, 6) is 1.13. The van der Waals surface area contributed by atoms with Gasteiger partial charge in [0.25, 0.3) is 0 Å². The number of morpholine rings is 1. The molecule has 1 N–H and O–H groups in total. The minimum absolute atomic E-state index is 0. The summed E-state index contributed by atoms with van der Waals surface area (Å²) in [4.78, 5) is 17.2. The predicted octanol–water partition coefficient (Wildman–Crippen LogP) is 1.93. The molecule has 1 saturated carbocycles. The van der Waals surface area contributed by atoms with Crippen molar-refractivity contribution in [1.29, 1.82) is 0 Å². The lowest BCUT2D eigenvalue weighted by Crippen LogP contribution is -2.53. The third-order valence-corrected chi connectivity index (χ3v) is 5.36. The first-order chi connectivity index (χ1) is 10.8. The molecule has 2 aliphatic heterocycles. The largest absolute Gasteiger partial charge is 0.378 e. The average Bonchev–Trinajstić information content (AvgIpc) is 2.82. The summed E-state index contributed by atoms with van der Waals surface area (Å²) >= 11 is 0. The molecule has 7 heteroatoms. The Morgan fingerprint density at radius 1 is 1.00 bits per heavy atom. The zero-order valence-electron chi connectivity index (χ0n) is 14.6. The van der Waals surface area contributed by atoms with Gasteiger partial charge in [-0.3, -0.25) is 4.79 Å². The molecule has 2 heterocycles. The van der Waals surface area contributed by atoms with E-state index in [-0.39, 0.29) is 36.8 Å². The first kappa shape index (κ1) is 22.0. The first-order valence-corrected chi connectivity index (χ1v) is 9.15. The van der Waals surface area contributed by atoms with E-state index in [2.05, 4.69) is 10.2 Å². The van der Waals surface area contributed by atoms with Gasteiger partial charge < -0.3 is 19.9 Å². The Kier molecular flexibility index (Phi) is 10.6. The minimum Gasteiger partial charge on any atom is -0.378 e. The zero-order valence-corrected chi connectivity index (χ0v) is 16.2. The smallest absolute Gasteiger partial charge is 0.242 e. The summed E-state index contributed by atoms with van der Waals surface area (Å²) in [6.45, 7) is 7.25. The number of rotatable bonds is 3. The standard InChI is InChI=1S/C17H31N3O2.2ClH/c21-17(16-14-22-12-7-18-16)20-9-4-8-19(10-11-20)13-15-5-2-1-3-6-15;;/h15-16,18H,1-14H2;2*1H. The number of ether oxygens (including phenoxy) is 1. The van der Waals surface area contributed by atoms with Crippen LogP contribution in [0.2, 0.25) is 0 Å². The fraction of sp³-hybridized carbons (Fsp3) is 0.941. The normalized spacial score (nSPS) is 26.8. The quantitative estimate of drug-likeness (QED) is 0.810. The van der Waals surface area contributed by atoms with E-state index < -0.39 is 0 Å². The number of carbonyl (C=O) groups excluding carboxylic acids is 1. The fourth-order valence-electron chi connectivity index (χ4n) is 4.05. The first-order valence-electron chi connectivity index (χ1n) is 9.15. The van der Waals surface area contributed by atoms with Crippen molar-refractivity contribution in [3.63, 3.8) is 0 Å². The van der Waals surface area contributed by atoms with Crippen LogP contribution in [0.4, 0.5) is 0 Å². The molecule has 1 amide bonds. The molecule has 1 aliphatic carbocycles. The molecule has 0 aromatic heterocycles. The number of nitrogens with one attached hydrogen (secondary N) is 1. The van der Waals surface area contributed by atoms with Crippen LogP contribution in [-0.2, 0) is 9.53 Å². The number of hydrogen-bond donors (Lipinski definition) is 1. The Morgan fingerprint density at radius 2 is 1.79 bits per heavy atom. The molecule has 0 aromatic rings. The van der Waals surface area contributed by atoms with Gasteiger partial charge in [-0.15, -0.1) is 24.8 Å². The number of amides is 1.